The number of rotatable bonds is 9. The number of alkyl halides is 3. The standard InChI is InChI=1S/C26H27F4N3O/c1-3-31-25(34)24(18-7-5-4-6-8-18)32-14-13-21(19-9-11-22(27)17(2)15-19)20-10-12-23(33-16-20)26(28,29)30/h4-12,15-16,21,24,32H,3,13-14H2,1-2H3,(H,31,34)/t21-,24-/m0/s1. The third-order valence-electron chi connectivity index (χ3n) is 5.59. The van der Waals surface area contributed by atoms with Crippen LogP contribution in [0.3, 0.4) is 0 Å². The molecule has 0 aliphatic carbocycles. The van der Waals surface area contributed by atoms with E-state index in [9.17, 15) is 22.4 Å². The maximum absolute atomic E-state index is 13.9. The average Bonchev–Trinajstić information content (AvgIpc) is 2.81. The van der Waals surface area contributed by atoms with Gasteiger partial charge >= 0.3 is 6.18 Å². The molecule has 3 rings (SSSR count). The van der Waals surface area contributed by atoms with Crippen LogP contribution in [0.4, 0.5) is 17.6 Å². The van der Waals surface area contributed by atoms with E-state index in [0.29, 0.717) is 30.6 Å². The zero-order valence-electron chi connectivity index (χ0n) is 19.0. The molecule has 0 unspecified atom stereocenters. The fraction of sp³-hybridized carbons (Fsp3) is 0.308. The van der Waals surface area contributed by atoms with E-state index < -0.39 is 17.9 Å². The normalized spacial score (nSPS) is 13.4. The Kier molecular flexibility index (Phi) is 8.39. The molecule has 0 spiro atoms. The monoisotopic (exact) mass is 473 g/mol. The fourth-order valence-corrected chi connectivity index (χ4v) is 3.85. The second kappa shape index (κ2) is 11.2. The number of hydrogen-bond donors (Lipinski definition) is 2. The third kappa shape index (κ3) is 6.41. The van der Waals surface area contributed by atoms with Crippen molar-refractivity contribution < 1.29 is 22.4 Å². The molecule has 2 N–H and O–H groups in total. The molecule has 4 nitrogen and oxygen atoms in total. The third-order valence-corrected chi connectivity index (χ3v) is 5.59. The summed E-state index contributed by atoms with van der Waals surface area (Å²) in [5, 5.41) is 6.09. The molecule has 1 amide bonds. The van der Waals surface area contributed by atoms with Gasteiger partial charge in [-0.1, -0.05) is 48.5 Å². The van der Waals surface area contributed by atoms with E-state index in [2.05, 4.69) is 15.6 Å². The molecule has 0 aliphatic rings. The van der Waals surface area contributed by atoms with Crippen LogP contribution in [-0.2, 0) is 11.0 Å². The van der Waals surface area contributed by atoms with Gasteiger partial charge in [0.2, 0.25) is 5.91 Å². The Morgan fingerprint density at radius 1 is 1.00 bits per heavy atom. The number of nitrogens with one attached hydrogen (secondary N) is 2. The molecule has 180 valence electrons. The van der Waals surface area contributed by atoms with Crippen LogP contribution >= 0.6 is 0 Å². The van der Waals surface area contributed by atoms with Crippen molar-refractivity contribution in [2.75, 3.05) is 13.1 Å². The minimum Gasteiger partial charge on any atom is -0.355 e. The quantitative estimate of drug-likeness (QED) is 0.402. The second-order valence-electron chi connectivity index (χ2n) is 8.02. The minimum absolute atomic E-state index is 0.168. The number of likely N-dealkylation sites (N-methyl/N-ethyl adjacent to an activating group) is 1. The molecule has 0 fully saturated rings. The predicted molar refractivity (Wildman–Crippen MR) is 123 cm³/mol. The largest absolute Gasteiger partial charge is 0.433 e. The molecular weight excluding hydrogens is 446 g/mol. The lowest BCUT2D eigenvalue weighted by molar-refractivity contribution is -0.141. The molecule has 1 aromatic heterocycles. The number of hydrogen-bond acceptors (Lipinski definition) is 3. The lowest BCUT2D eigenvalue weighted by Gasteiger charge is -2.22. The Bertz CT molecular complexity index is 1090. The fourth-order valence-electron chi connectivity index (χ4n) is 3.85. The first kappa shape index (κ1) is 25.4. The molecule has 0 aliphatic heterocycles. The summed E-state index contributed by atoms with van der Waals surface area (Å²) in [6.45, 7) is 4.35. The van der Waals surface area contributed by atoms with Gasteiger partial charge in [0.05, 0.1) is 0 Å². The topological polar surface area (TPSA) is 54.0 Å². The Morgan fingerprint density at radius 2 is 1.71 bits per heavy atom. The van der Waals surface area contributed by atoms with Crippen molar-refractivity contribution in [1.82, 2.24) is 15.6 Å². The summed E-state index contributed by atoms with van der Waals surface area (Å²) in [5.41, 5.74) is 1.62. The highest BCUT2D eigenvalue weighted by molar-refractivity contribution is 5.83. The van der Waals surface area contributed by atoms with E-state index in [4.69, 9.17) is 0 Å². The summed E-state index contributed by atoms with van der Waals surface area (Å²) >= 11 is 0. The number of nitrogens with zero attached hydrogens (tertiary/aromatic N) is 1. The molecule has 2 atom stereocenters. The Hall–Kier alpha value is -3.26. The number of aromatic nitrogens is 1. The predicted octanol–water partition coefficient (Wildman–Crippen LogP) is 5.54. The maximum Gasteiger partial charge on any atom is 0.433 e. The van der Waals surface area contributed by atoms with Gasteiger partial charge in [0, 0.05) is 18.7 Å². The SMILES string of the molecule is CCNC(=O)[C@@H](NCC[C@H](c1ccc(C(F)(F)F)nc1)c1ccc(F)c(C)c1)c1ccccc1. The van der Waals surface area contributed by atoms with Crippen molar-refractivity contribution in [3.63, 3.8) is 0 Å². The minimum atomic E-state index is -4.53. The van der Waals surface area contributed by atoms with Gasteiger partial charge in [-0.3, -0.25) is 9.78 Å². The number of carbonyl (C=O) groups excluding carboxylic acids is 1. The van der Waals surface area contributed by atoms with Gasteiger partial charge in [-0.15, -0.1) is 0 Å². The Labute approximate surface area is 196 Å². The number of pyridine rings is 1. The summed E-state index contributed by atoms with van der Waals surface area (Å²) in [4.78, 5) is 16.2. The van der Waals surface area contributed by atoms with Crippen LogP contribution in [0.2, 0.25) is 0 Å². The molecule has 3 aromatic rings. The zero-order valence-corrected chi connectivity index (χ0v) is 19.0. The van der Waals surface area contributed by atoms with Gasteiger partial charge in [0.1, 0.15) is 17.6 Å². The van der Waals surface area contributed by atoms with E-state index in [1.807, 2.05) is 37.3 Å². The molecule has 34 heavy (non-hydrogen) atoms. The van der Waals surface area contributed by atoms with Gasteiger partial charge in [-0.05, 0) is 61.2 Å². The highest BCUT2D eigenvalue weighted by atomic mass is 19.4. The zero-order chi connectivity index (χ0) is 24.7. The van der Waals surface area contributed by atoms with Crippen LogP contribution < -0.4 is 10.6 Å². The Balaban J connectivity index is 1.85. The first-order valence-corrected chi connectivity index (χ1v) is 11.1. The summed E-state index contributed by atoms with van der Waals surface area (Å²) in [6, 6.07) is 15.7. The van der Waals surface area contributed by atoms with Crippen molar-refractivity contribution in [3.8, 4) is 0 Å². The summed E-state index contributed by atoms with van der Waals surface area (Å²) in [6.07, 6.45) is -2.86. The Morgan fingerprint density at radius 3 is 2.29 bits per heavy atom. The van der Waals surface area contributed by atoms with Crippen molar-refractivity contribution in [1.29, 1.82) is 0 Å². The molecule has 2 aromatic carbocycles. The second-order valence-corrected chi connectivity index (χ2v) is 8.02. The van der Waals surface area contributed by atoms with Crippen molar-refractivity contribution in [3.05, 3.63) is 101 Å². The van der Waals surface area contributed by atoms with E-state index in [-0.39, 0.29) is 17.6 Å². The lowest BCUT2D eigenvalue weighted by atomic mass is 9.88. The summed E-state index contributed by atoms with van der Waals surface area (Å²) < 4.78 is 52.8. The van der Waals surface area contributed by atoms with Gasteiger partial charge in [0.25, 0.3) is 0 Å². The first-order chi connectivity index (χ1) is 16.2. The number of aryl methyl sites for hydroxylation is 1. The van der Waals surface area contributed by atoms with E-state index in [0.717, 1.165) is 17.2 Å². The van der Waals surface area contributed by atoms with Crippen LogP contribution in [0.15, 0.2) is 66.9 Å². The first-order valence-electron chi connectivity index (χ1n) is 11.1. The maximum atomic E-state index is 13.9. The highest BCUT2D eigenvalue weighted by Gasteiger charge is 2.32. The molecule has 0 bridgehead atoms. The van der Waals surface area contributed by atoms with Crippen LogP contribution in [0.1, 0.15) is 53.3 Å². The van der Waals surface area contributed by atoms with Crippen molar-refractivity contribution >= 4 is 5.91 Å². The van der Waals surface area contributed by atoms with Crippen LogP contribution in [0.25, 0.3) is 0 Å². The number of halogens is 4. The average molecular weight is 474 g/mol. The molecule has 8 heteroatoms. The van der Waals surface area contributed by atoms with Crippen LogP contribution in [0.5, 0.6) is 0 Å². The van der Waals surface area contributed by atoms with E-state index >= 15 is 0 Å². The van der Waals surface area contributed by atoms with Crippen molar-refractivity contribution in [2.45, 2.75) is 38.4 Å². The molecule has 0 radical (unpaired) electrons. The van der Waals surface area contributed by atoms with Crippen molar-refractivity contribution in [2.24, 2.45) is 0 Å². The molecule has 0 saturated heterocycles. The highest BCUT2D eigenvalue weighted by Crippen LogP contribution is 2.32. The van der Waals surface area contributed by atoms with E-state index in [1.54, 1.807) is 19.1 Å². The van der Waals surface area contributed by atoms with E-state index in [1.165, 1.54) is 18.3 Å². The number of amides is 1. The lowest BCUT2D eigenvalue weighted by Crippen LogP contribution is -2.38. The van der Waals surface area contributed by atoms with Gasteiger partial charge in [0.15, 0.2) is 0 Å². The smallest absolute Gasteiger partial charge is 0.355 e. The summed E-state index contributed by atoms with van der Waals surface area (Å²) in [5.74, 6) is -0.863. The van der Waals surface area contributed by atoms with Crippen LogP contribution in [0, 0.1) is 12.7 Å². The molecular formula is C26H27F4N3O. The van der Waals surface area contributed by atoms with Gasteiger partial charge in [-0.2, -0.15) is 13.2 Å². The van der Waals surface area contributed by atoms with Crippen LogP contribution in [-0.4, -0.2) is 24.0 Å². The molecule has 1 heterocycles. The summed E-state index contributed by atoms with van der Waals surface area (Å²) in [7, 11) is 0. The number of benzene rings is 2. The van der Waals surface area contributed by atoms with Gasteiger partial charge < -0.3 is 10.6 Å². The number of carbonyl (C=O) groups is 1. The molecule has 0 saturated carbocycles. The van der Waals surface area contributed by atoms with Gasteiger partial charge in [-0.25, -0.2) is 4.39 Å².